The molecule has 2 rings (SSSR count). The molecule has 4 nitrogen and oxygen atoms in total. The maximum Gasteiger partial charge on any atom is 0.239 e. The van der Waals surface area contributed by atoms with Crippen molar-refractivity contribution in [3.63, 3.8) is 0 Å². The molecule has 1 aliphatic rings. The molecule has 114 valence electrons. The Hall–Kier alpha value is -1.91. The van der Waals surface area contributed by atoms with Crippen LogP contribution in [0.4, 0.5) is 4.39 Å². The van der Waals surface area contributed by atoms with E-state index in [4.69, 9.17) is 0 Å². The van der Waals surface area contributed by atoms with Crippen LogP contribution in [0.15, 0.2) is 24.3 Å². The molecule has 21 heavy (non-hydrogen) atoms. The second kappa shape index (κ2) is 6.70. The fourth-order valence-electron chi connectivity index (χ4n) is 2.55. The van der Waals surface area contributed by atoms with Crippen molar-refractivity contribution in [2.75, 3.05) is 19.6 Å². The van der Waals surface area contributed by atoms with Gasteiger partial charge in [-0.2, -0.15) is 0 Å². The topological polar surface area (TPSA) is 49.4 Å². The third-order valence-electron chi connectivity index (χ3n) is 3.81. The van der Waals surface area contributed by atoms with Gasteiger partial charge in [0.05, 0.1) is 6.54 Å². The molecule has 2 unspecified atom stereocenters. The lowest BCUT2D eigenvalue weighted by atomic mass is 10.1. The van der Waals surface area contributed by atoms with E-state index in [1.807, 2.05) is 13.8 Å². The number of likely N-dealkylation sites (N-methyl/N-ethyl adjacent to an activating group) is 2. The minimum atomic E-state index is -0.270. The van der Waals surface area contributed by atoms with Crippen LogP contribution in [0, 0.1) is 11.7 Å². The highest BCUT2D eigenvalue weighted by Crippen LogP contribution is 2.48. The Morgan fingerprint density at radius 3 is 2.52 bits per heavy atom. The maximum absolute atomic E-state index is 12.9. The molecule has 1 fully saturated rings. The van der Waals surface area contributed by atoms with Crippen LogP contribution in [-0.4, -0.2) is 36.3 Å². The molecule has 0 radical (unpaired) electrons. The molecule has 1 aromatic rings. The molecule has 2 amide bonds. The lowest BCUT2D eigenvalue weighted by molar-refractivity contribution is -0.137. The summed E-state index contributed by atoms with van der Waals surface area (Å²) in [5, 5.41) is 2.70. The molecular formula is C16H21FN2O2. The Balaban J connectivity index is 1.94. The number of halogens is 1. The predicted octanol–water partition coefficient (Wildman–Crippen LogP) is 1.91. The smallest absolute Gasteiger partial charge is 0.239 e. The number of nitrogens with zero attached hydrogens (tertiary/aromatic N) is 1. The van der Waals surface area contributed by atoms with E-state index < -0.39 is 0 Å². The molecule has 1 N–H and O–H groups in total. The first-order chi connectivity index (χ1) is 10.1. The number of rotatable bonds is 6. The number of benzene rings is 1. The Labute approximate surface area is 124 Å². The summed E-state index contributed by atoms with van der Waals surface area (Å²) in [6.45, 7) is 4.90. The van der Waals surface area contributed by atoms with Gasteiger partial charge in [-0.15, -0.1) is 0 Å². The number of hydrogen-bond acceptors (Lipinski definition) is 2. The van der Waals surface area contributed by atoms with E-state index in [1.54, 1.807) is 17.0 Å². The van der Waals surface area contributed by atoms with Gasteiger partial charge in [0.2, 0.25) is 11.8 Å². The highest BCUT2D eigenvalue weighted by Gasteiger charge is 2.45. The minimum Gasteiger partial charge on any atom is -0.355 e. The summed E-state index contributed by atoms with van der Waals surface area (Å²) in [4.78, 5) is 25.6. The summed E-state index contributed by atoms with van der Waals surface area (Å²) in [5.41, 5.74) is 0.990. The monoisotopic (exact) mass is 292 g/mol. The van der Waals surface area contributed by atoms with E-state index in [1.165, 1.54) is 12.1 Å². The molecule has 0 saturated heterocycles. The summed E-state index contributed by atoms with van der Waals surface area (Å²) in [6, 6.07) is 6.30. The van der Waals surface area contributed by atoms with Crippen molar-refractivity contribution in [3.05, 3.63) is 35.6 Å². The van der Waals surface area contributed by atoms with Crippen LogP contribution in [0.3, 0.4) is 0 Å². The number of nitrogens with one attached hydrogen (secondary N) is 1. The molecule has 0 aromatic heterocycles. The minimum absolute atomic E-state index is 0.0121. The van der Waals surface area contributed by atoms with Crippen molar-refractivity contribution < 1.29 is 14.0 Å². The second-order valence-electron chi connectivity index (χ2n) is 5.31. The van der Waals surface area contributed by atoms with Gasteiger partial charge in [0.1, 0.15) is 5.82 Å². The van der Waals surface area contributed by atoms with Gasteiger partial charge < -0.3 is 10.2 Å². The SMILES string of the molecule is CCNC(=O)CN(CC)C(=O)C1CC1c1ccc(F)cc1. The zero-order valence-electron chi connectivity index (χ0n) is 12.4. The number of hydrogen-bond donors (Lipinski definition) is 1. The van der Waals surface area contributed by atoms with Gasteiger partial charge in [0, 0.05) is 19.0 Å². The lowest BCUT2D eigenvalue weighted by Crippen LogP contribution is -2.41. The largest absolute Gasteiger partial charge is 0.355 e. The van der Waals surface area contributed by atoms with Crippen molar-refractivity contribution in [3.8, 4) is 0 Å². The summed E-state index contributed by atoms with van der Waals surface area (Å²) >= 11 is 0. The van der Waals surface area contributed by atoms with Crippen LogP contribution in [0.2, 0.25) is 0 Å². The van der Waals surface area contributed by atoms with Crippen molar-refractivity contribution in [1.82, 2.24) is 10.2 Å². The molecular weight excluding hydrogens is 271 g/mol. The van der Waals surface area contributed by atoms with Crippen molar-refractivity contribution in [1.29, 1.82) is 0 Å². The Morgan fingerprint density at radius 1 is 1.29 bits per heavy atom. The molecule has 1 saturated carbocycles. The quantitative estimate of drug-likeness (QED) is 0.871. The van der Waals surface area contributed by atoms with Gasteiger partial charge >= 0.3 is 0 Å². The van der Waals surface area contributed by atoms with E-state index in [9.17, 15) is 14.0 Å². The van der Waals surface area contributed by atoms with Crippen LogP contribution in [-0.2, 0) is 9.59 Å². The van der Waals surface area contributed by atoms with Crippen LogP contribution in [0.5, 0.6) is 0 Å². The van der Waals surface area contributed by atoms with E-state index in [0.717, 1.165) is 12.0 Å². The summed E-state index contributed by atoms with van der Waals surface area (Å²) in [6.07, 6.45) is 0.774. The van der Waals surface area contributed by atoms with Crippen molar-refractivity contribution in [2.24, 2.45) is 5.92 Å². The van der Waals surface area contributed by atoms with Gasteiger partial charge in [-0.25, -0.2) is 4.39 Å². The van der Waals surface area contributed by atoms with Gasteiger partial charge in [0.25, 0.3) is 0 Å². The van der Waals surface area contributed by atoms with E-state index in [2.05, 4.69) is 5.32 Å². The summed E-state index contributed by atoms with van der Waals surface area (Å²) in [7, 11) is 0. The molecule has 1 aromatic carbocycles. The third kappa shape index (κ3) is 3.80. The second-order valence-corrected chi connectivity index (χ2v) is 5.31. The molecule has 0 bridgehead atoms. The van der Waals surface area contributed by atoms with E-state index in [-0.39, 0.29) is 36.0 Å². The van der Waals surface area contributed by atoms with Crippen LogP contribution in [0.25, 0.3) is 0 Å². The highest BCUT2D eigenvalue weighted by molar-refractivity contribution is 5.88. The normalized spacial score (nSPS) is 20.0. The third-order valence-corrected chi connectivity index (χ3v) is 3.81. The maximum atomic E-state index is 12.9. The summed E-state index contributed by atoms with van der Waals surface area (Å²) < 4.78 is 12.9. The van der Waals surface area contributed by atoms with Gasteiger partial charge in [-0.1, -0.05) is 12.1 Å². The van der Waals surface area contributed by atoms with Gasteiger partial charge in [-0.3, -0.25) is 9.59 Å². The van der Waals surface area contributed by atoms with Crippen molar-refractivity contribution in [2.45, 2.75) is 26.2 Å². The van der Waals surface area contributed by atoms with Crippen LogP contribution >= 0.6 is 0 Å². The summed E-state index contributed by atoms with van der Waals surface area (Å²) in [5.74, 6) is -0.315. The van der Waals surface area contributed by atoms with Crippen LogP contribution in [0.1, 0.15) is 31.7 Å². The molecule has 0 aliphatic heterocycles. The first kappa shape index (κ1) is 15.5. The molecule has 2 atom stereocenters. The fourth-order valence-corrected chi connectivity index (χ4v) is 2.55. The molecule has 5 heteroatoms. The predicted molar refractivity (Wildman–Crippen MR) is 78.2 cm³/mol. The van der Waals surface area contributed by atoms with Crippen LogP contribution < -0.4 is 5.32 Å². The number of carbonyl (C=O) groups is 2. The first-order valence-corrected chi connectivity index (χ1v) is 7.37. The molecule has 0 heterocycles. The Kier molecular flexibility index (Phi) is 4.94. The van der Waals surface area contributed by atoms with E-state index in [0.29, 0.717) is 13.1 Å². The lowest BCUT2D eigenvalue weighted by Gasteiger charge is -2.20. The highest BCUT2D eigenvalue weighted by atomic mass is 19.1. The van der Waals surface area contributed by atoms with E-state index >= 15 is 0 Å². The average Bonchev–Trinajstić information content (AvgIpc) is 3.25. The Bertz CT molecular complexity index is 516. The Morgan fingerprint density at radius 2 is 1.95 bits per heavy atom. The zero-order chi connectivity index (χ0) is 15.4. The fraction of sp³-hybridized carbons (Fsp3) is 0.500. The van der Waals surface area contributed by atoms with Gasteiger partial charge in [-0.05, 0) is 43.9 Å². The van der Waals surface area contributed by atoms with Crippen molar-refractivity contribution >= 4 is 11.8 Å². The van der Waals surface area contributed by atoms with Gasteiger partial charge in [0.15, 0.2) is 0 Å². The number of amides is 2. The zero-order valence-corrected chi connectivity index (χ0v) is 12.4. The molecule has 1 aliphatic carbocycles. The average molecular weight is 292 g/mol. The number of carbonyl (C=O) groups excluding carboxylic acids is 2. The standard InChI is InChI=1S/C16H21FN2O2/c1-3-18-15(20)10-19(4-2)16(21)14-9-13(14)11-5-7-12(17)8-6-11/h5-8,13-14H,3-4,9-10H2,1-2H3,(H,18,20). The first-order valence-electron chi connectivity index (χ1n) is 7.37. The molecule has 0 spiro atoms.